The Morgan fingerprint density at radius 2 is 1.51 bits per heavy atom. The van der Waals surface area contributed by atoms with Gasteiger partial charge in [-0.25, -0.2) is 4.90 Å². The molecule has 1 heterocycles. The van der Waals surface area contributed by atoms with Crippen molar-refractivity contribution < 1.29 is 27.6 Å². The van der Waals surface area contributed by atoms with Crippen molar-refractivity contribution in [3.63, 3.8) is 0 Å². The first-order valence-electron chi connectivity index (χ1n) is 10.5. The third kappa shape index (κ3) is 5.29. The number of hydrogen-bond acceptors (Lipinski definition) is 4. The van der Waals surface area contributed by atoms with Gasteiger partial charge in [-0.2, -0.15) is 13.2 Å². The summed E-state index contributed by atoms with van der Waals surface area (Å²) < 4.78 is 39.2. The molecule has 0 radical (unpaired) electrons. The van der Waals surface area contributed by atoms with Crippen molar-refractivity contribution in [2.24, 2.45) is 0 Å². The fraction of sp³-hybridized carbons (Fsp3) is 0.0800. The largest absolute Gasteiger partial charge is 0.417 e. The highest BCUT2D eigenvalue weighted by Gasteiger charge is 2.39. The van der Waals surface area contributed by atoms with Crippen molar-refractivity contribution in [1.29, 1.82) is 0 Å². The van der Waals surface area contributed by atoms with Crippen LogP contribution >= 0.6 is 34.8 Å². The van der Waals surface area contributed by atoms with E-state index in [2.05, 4.69) is 10.6 Å². The van der Waals surface area contributed by atoms with E-state index in [0.29, 0.717) is 22.0 Å². The summed E-state index contributed by atoms with van der Waals surface area (Å²) in [7, 11) is 0. The van der Waals surface area contributed by atoms with Crippen LogP contribution in [0.2, 0.25) is 10.0 Å². The standard InChI is InChI=1S/C25H15Cl3F3N3O3/c1-12-17(26)3-2-4-19(12)34-23(36)20(28)21(24(34)37)32-14-7-5-13(6-8-14)22(35)33-15-9-10-18(27)16(11-15)25(29,30)31/h2-11,32H,1H3,(H,33,35). The van der Waals surface area contributed by atoms with E-state index in [0.717, 1.165) is 17.0 Å². The molecule has 6 nitrogen and oxygen atoms in total. The molecule has 37 heavy (non-hydrogen) atoms. The summed E-state index contributed by atoms with van der Waals surface area (Å²) in [5.41, 5.74) is -0.0540. The lowest BCUT2D eigenvalue weighted by atomic mass is 10.1. The maximum atomic E-state index is 13.1. The van der Waals surface area contributed by atoms with Gasteiger partial charge in [0.05, 0.1) is 16.3 Å². The molecule has 3 aromatic carbocycles. The Morgan fingerprint density at radius 3 is 2.16 bits per heavy atom. The fourth-order valence-corrected chi connectivity index (χ4v) is 4.15. The molecular formula is C25H15Cl3F3N3O3. The van der Waals surface area contributed by atoms with Crippen LogP contribution in [0.15, 0.2) is 71.4 Å². The van der Waals surface area contributed by atoms with Crippen LogP contribution in [0.4, 0.5) is 30.2 Å². The van der Waals surface area contributed by atoms with Crippen molar-refractivity contribution in [2.75, 3.05) is 15.5 Å². The quantitative estimate of drug-likeness (QED) is 0.325. The predicted molar refractivity (Wildman–Crippen MR) is 136 cm³/mol. The SMILES string of the molecule is Cc1c(Cl)cccc1N1C(=O)C(Cl)=C(Nc2ccc(C(=O)Nc3ccc(Cl)c(C(F)(F)F)c3)cc2)C1=O. The molecule has 190 valence electrons. The topological polar surface area (TPSA) is 78.5 Å². The van der Waals surface area contributed by atoms with E-state index in [4.69, 9.17) is 34.8 Å². The number of nitrogens with one attached hydrogen (secondary N) is 2. The van der Waals surface area contributed by atoms with Crippen LogP contribution < -0.4 is 15.5 Å². The molecule has 12 heteroatoms. The normalized spacial score (nSPS) is 13.9. The first-order chi connectivity index (χ1) is 17.4. The second kappa shape index (κ2) is 10.1. The molecule has 0 spiro atoms. The summed E-state index contributed by atoms with van der Waals surface area (Å²) in [5.74, 6) is -2.09. The van der Waals surface area contributed by atoms with Crippen LogP contribution in [0, 0.1) is 6.92 Å². The van der Waals surface area contributed by atoms with Gasteiger partial charge in [0.15, 0.2) is 0 Å². The van der Waals surface area contributed by atoms with Crippen LogP contribution in [-0.2, 0) is 15.8 Å². The molecule has 2 N–H and O–H groups in total. The number of amides is 3. The van der Waals surface area contributed by atoms with Gasteiger partial charge in [0.1, 0.15) is 10.7 Å². The summed E-state index contributed by atoms with van der Waals surface area (Å²) in [6, 6.07) is 13.5. The zero-order valence-electron chi connectivity index (χ0n) is 18.7. The van der Waals surface area contributed by atoms with E-state index in [9.17, 15) is 27.6 Å². The lowest BCUT2D eigenvalue weighted by molar-refractivity contribution is -0.137. The monoisotopic (exact) mass is 567 g/mol. The molecule has 0 saturated heterocycles. The molecule has 0 atom stereocenters. The van der Waals surface area contributed by atoms with E-state index in [1.165, 1.54) is 30.3 Å². The molecule has 3 aromatic rings. The van der Waals surface area contributed by atoms with Crippen LogP contribution in [0.1, 0.15) is 21.5 Å². The van der Waals surface area contributed by atoms with Crippen molar-refractivity contribution in [3.05, 3.63) is 98.1 Å². The Kier molecular flexibility index (Phi) is 7.23. The lowest BCUT2D eigenvalue weighted by Gasteiger charge is -2.18. The fourth-order valence-electron chi connectivity index (χ4n) is 3.54. The van der Waals surface area contributed by atoms with E-state index in [1.54, 1.807) is 25.1 Å². The number of anilines is 3. The number of rotatable bonds is 5. The Bertz CT molecular complexity index is 1470. The third-order valence-electron chi connectivity index (χ3n) is 5.45. The molecule has 0 aliphatic carbocycles. The van der Waals surface area contributed by atoms with Gasteiger partial charge in [-0.15, -0.1) is 0 Å². The third-order valence-corrected chi connectivity index (χ3v) is 6.54. The summed E-state index contributed by atoms with van der Waals surface area (Å²) in [6.45, 7) is 1.66. The minimum atomic E-state index is -4.68. The van der Waals surface area contributed by atoms with E-state index in [-0.39, 0.29) is 22.0 Å². The first kappa shape index (κ1) is 26.5. The molecule has 1 aliphatic heterocycles. The molecule has 0 bridgehead atoms. The Balaban J connectivity index is 1.49. The van der Waals surface area contributed by atoms with Gasteiger partial charge in [-0.05, 0) is 67.1 Å². The molecular weight excluding hydrogens is 554 g/mol. The van der Waals surface area contributed by atoms with Gasteiger partial charge in [0.25, 0.3) is 17.7 Å². The zero-order valence-corrected chi connectivity index (χ0v) is 21.0. The van der Waals surface area contributed by atoms with Gasteiger partial charge in [0, 0.05) is 22.0 Å². The number of hydrogen-bond donors (Lipinski definition) is 2. The maximum Gasteiger partial charge on any atom is 0.417 e. The number of carbonyl (C=O) groups excluding carboxylic acids is 3. The van der Waals surface area contributed by atoms with Gasteiger partial charge in [-0.3, -0.25) is 14.4 Å². The Morgan fingerprint density at radius 1 is 0.865 bits per heavy atom. The number of carbonyl (C=O) groups is 3. The van der Waals surface area contributed by atoms with Gasteiger partial charge >= 0.3 is 6.18 Å². The number of halogens is 6. The Hall–Kier alpha value is -3.53. The van der Waals surface area contributed by atoms with Crippen LogP contribution in [0.25, 0.3) is 0 Å². The highest BCUT2D eigenvalue weighted by atomic mass is 35.5. The number of benzene rings is 3. The van der Waals surface area contributed by atoms with Crippen molar-refractivity contribution in [1.82, 2.24) is 0 Å². The van der Waals surface area contributed by atoms with E-state index < -0.39 is 34.5 Å². The maximum absolute atomic E-state index is 13.1. The first-order valence-corrected chi connectivity index (χ1v) is 11.6. The highest BCUT2D eigenvalue weighted by Crippen LogP contribution is 2.37. The van der Waals surface area contributed by atoms with E-state index >= 15 is 0 Å². The Labute approximate surface area is 223 Å². The molecule has 0 aromatic heterocycles. The van der Waals surface area contributed by atoms with Crippen LogP contribution in [0.5, 0.6) is 0 Å². The lowest BCUT2D eigenvalue weighted by Crippen LogP contribution is -2.32. The number of nitrogens with zero attached hydrogens (tertiary/aromatic N) is 1. The minimum absolute atomic E-state index is 0.0904. The van der Waals surface area contributed by atoms with Gasteiger partial charge in [-0.1, -0.05) is 40.9 Å². The van der Waals surface area contributed by atoms with Crippen LogP contribution in [0.3, 0.4) is 0 Å². The molecule has 4 rings (SSSR count). The van der Waals surface area contributed by atoms with Crippen molar-refractivity contribution in [2.45, 2.75) is 13.1 Å². The smallest absolute Gasteiger partial charge is 0.350 e. The van der Waals surface area contributed by atoms with Crippen molar-refractivity contribution in [3.8, 4) is 0 Å². The average molecular weight is 569 g/mol. The highest BCUT2D eigenvalue weighted by molar-refractivity contribution is 6.53. The zero-order chi connectivity index (χ0) is 27.1. The van der Waals surface area contributed by atoms with Gasteiger partial charge < -0.3 is 10.6 Å². The number of alkyl halides is 3. The summed E-state index contributed by atoms with van der Waals surface area (Å²) in [6.07, 6.45) is -4.68. The molecule has 0 unspecified atom stereocenters. The van der Waals surface area contributed by atoms with Crippen LogP contribution in [-0.4, -0.2) is 17.7 Å². The van der Waals surface area contributed by atoms with E-state index in [1.807, 2.05) is 0 Å². The second-order valence-corrected chi connectivity index (χ2v) is 9.06. The second-order valence-electron chi connectivity index (χ2n) is 7.87. The minimum Gasteiger partial charge on any atom is -0.350 e. The summed E-state index contributed by atoms with van der Waals surface area (Å²) in [4.78, 5) is 39.1. The van der Waals surface area contributed by atoms with Gasteiger partial charge in [0.2, 0.25) is 0 Å². The average Bonchev–Trinajstić information content (AvgIpc) is 3.05. The molecule has 1 aliphatic rings. The summed E-state index contributed by atoms with van der Waals surface area (Å²) in [5, 5.41) is 4.72. The number of imide groups is 1. The molecule has 0 saturated carbocycles. The predicted octanol–water partition coefficient (Wildman–Crippen LogP) is 7.01. The molecule has 3 amide bonds. The summed E-state index contributed by atoms with van der Waals surface area (Å²) >= 11 is 17.9. The van der Waals surface area contributed by atoms with Crippen molar-refractivity contribution >= 4 is 69.6 Å². The molecule has 0 fully saturated rings.